The number of amides is 1. The molecule has 2 N–H and O–H groups in total. The first-order chi connectivity index (χ1) is 9.90. The fourth-order valence-electron chi connectivity index (χ4n) is 1.68. The van der Waals surface area contributed by atoms with Gasteiger partial charge >= 0.3 is 6.61 Å². The number of hydrogen-bond donors (Lipinski definition) is 1. The summed E-state index contributed by atoms with van der Waals surface area (Å²) in [6.07, 6.45) is 0.174. The molecule has 1 aromatic carbocycles. The molecule has 0 radical (unpaired) electrons. The topological polar surface area (TPSA) is 70.8 Å². The van der Waals surface area contributed by atoms with Crippen LogP contribution in [0.1, 0.15) is 19.8 Å². The summed E-state index contributed by atoms with van der Waals surface area (Å²) in [7, 11) is 1.28. The fourth-order valence-corrected chi connectivity index (χ4v) is 2.08. The molecule has 0 bridgehead atoms. The molecule has 118 valence electrons. The Morgan fingerprint density at radius 1 is 1.33 bits per heavy atom. The van der Waals surface area contributed by atoms with Gasteiger partial charge in [0.05, 0.1) is 11.6 Å². The highest BCUT2D eigenvalue weighted by atomic mass is 79.9. The van der Waals surface area contributed by atoms with Gasteiger partial charge in [-0.05, 0) is 34.5 Å². The van der Waals surface area contributed by atoms with Gasteiger partial charge in [-0.15, -0.1) is 0 Å². The molecule has 0 aliphatic rings. The molecule has 0 aliphatic carbocycles. The summed E-state index contributed by atoms with van der Waals surface area (Å²) < 4.78 is 40.1. The van der Waals surface area contributed by atoms with Gasteiger partial charge in [0.1, 0.15) is 0 Å². The molecule has 21 heavy (non-hydrogen) atoms. The van der Waals surface area contributed by atoms with E-state index >= 15 is 0 Å². The van der Waals surface area contributed by atoms with E-state index in [4.69, 9.17) is 15.2 Å². The lowest BCUT2D eigenvalue weighted by molar-refractivity contribution is -0.125. The molecule has 0 aromatic heterocycles. The lowest BCUT2D eigenvalue weighted by Gasteiger charge is -2.20. The van der Waals surface area contributed by atoms with Crippen LogP contribution in [0.3, 0.4) is 0 Å². The van der Waals surface area contributed by atoms with Crippen LogP contribution in [0.15, 0.2) is 16.6 Å². The van der Waals surface area contributed by atoms with E-state index < -0.39 is 18.6 Å². The van der Waals surface area contributed by atoms with Crippen molar-refractivity contribution in [2.24, 2.45) is 5.73 Å². The van der Waals surface area contributed by atoms with Crippen molar-refractivity contribution in [1.29, 1.82) is 0 Å². The molecule has 1 aromatic rings. The summed E-state index contributed by atoms with van der Waals surface area (Å²) in [6.45, 7) is -1.14. The quantitative estimate of drug-likeness (QED) is 0.766. The van der Waals surface area contributed by atoms with Crippen molar-refractivity contribution in [2.75, 3.05) is 7.11 Å². The number of hydrogen-bond acceptors (Lipinski definition) is 4. The van der Waals surface area contributed by atoms with Crippen molar-refractivity contribution in [2.45, 2.75) is 32.5 Å². The number of rotatable bonds is 8. The normalized spacial score (nSPS) is 12.1. The first kappa shape index (κ1) is 17.5. The second kappa shape index (κ2) is 8.02. The van der Waals surface area contributed by atoms with Crippen molar-refractivity contribution in [1.82, 2.24) is 0 Å². The van der Waals surface area contributed by atoms with Crippen molar-refractivity contribution < 1.29 is 27.8 Å². The zero-order valence-corrected chi connectivity index (χ0v) is 13.2. The number of ether oxygens (including phenoxy) is 3. The maximum Gasteiger partial charge on any atom is 0.387 e. The van der Waals surface area contributed by atoms with E-state index in [1.165, 1.54) is 19.2 Å². The summed E-state index contributed by atoms with van der Waals surface area (Å²) in [5.41, 5.74) is 5.26. The zero-order valence-electron chi connectivity index (χ0n) is 11.6. The van der Waals surface area contributed by atoms with Gasteiger partial charge in [0, 0.05) is 0 Å². The van der Waals surface area contributed by atoms with Gasteiger partial charge < -0.3 is 19.9 Å². The van der Waals surface area contributed by atoms with E-state index in [1.54, 1.807) is 0 Å². The third kappa shape index (κ3) is 4.73. The van der Waals surface area contributed by atoms with E-state index in [9.17, 15) is 13.6 Å². The highest BCUT2D eigenvalue weighted by Gasteiger charge is 2.23. The largest absolute Gasteiger partial charge is 0.490 e. The Morgan fingerprint density at radius 2 is 2.00 bits per heavy atom. The van der Waals surface area contributed by atoms with Crippen molar-refractivity contribution in [3.63, 3.8) is 0 Å². The molecule has 0 heterocycles. The van der Waals surface area contributed by atoms with Gasteiger partial charge in [-0.3, -0.25) is 4.79 Å². The van der Waals surface area contributed by atoms with E-state index in [0.29, 0.717) is 17.3 Å². The monoisotopic (exact) mass is 367 g/mol. The molecule has 1 rings (SSSR count). The number of halogens is 3. The Bertz CT molecular complexity index is 499. The predicted octanol–water partition coefficient (Wildman–Crippen LogP) is 3.09. The van der Waals surface area contributed by atoms with Crippen LogP contribution in [0, 0.1) is 0 Å². The van der Waals surface area contributed by atoms with Gasteiger partial charge in [-0.25, -0.2) is 0 Å². The average molecular weight is 368 g/mol. The smallest absolute Gasteiger partial charge is 0.387 e. The molecule has 0 saturated carbocycles. The number of carbonyl (C=O) groups excluding carboxylic acids is 1. The van der Waals surface area contributed by atoms with Crippen LogP contribution in [-0.4, -0.2) is 25.7 Å². The number of primary amides is 1. The van der Waals surface area contributed by atoms with Crippen molar-refractivity contribution in [3.05, 3.63) is 16.6 Å². The van der Waals surface area contributed by atoms with Crippen LogP contribution in [-0.2, 0) is 4.79 Å². The van der Waals surface area contributed by atoms with Gasteiger partial charge in [0.15, 0.2) is 17.6 Å². The van der Waals surface area contributed by atoms with Crippen LogP contribution < -0.4 is 19.9 Å². The second-order valence-electron chi connectivity index (χ2n) is 4.08. The number of alkyl halides is 2. The summed E-state index contributed by atoms with van der Waals surface area (Å²) in [5, 5.41) is 0. The fraction of sp³-hybridized carbons (Fsp3) is 0.462. The summed E-state index contributed by atoms with van der Waals surface area (Å²) in [5.74, 6) is -0.781. The van der Waals surface area contributed by atoms with Gasteiger partial charge in [-0.1, -0.05) is 13.3 Å². The molecule has 1 atom stereocenters. The standard InChI is InChI=1S/C13H16BrF2NO4/c1-3-4-9(12(17)18)20-10-7(14)5-6-8(11(10)19-2)21-13(15)16/h5-6,9,13H,3-4H2,1-2H3,(H2,17,18). The minimum absolute atomic E-state index is 0.0352. The Balaban J connectivity index is 3.17. The summed E-state index contributed by atoms with van der Waals surface area (Å²) in [4.78, 5) is 11.4. The second-order valence-corrected chi connectivity index (χ2v) is 4.94. The third-order valence-electron chi connectivity index (χ3n) is 2.58. The first-order valence-electron chi connectivity index (χ1n) is 6.17. The molecule has 0 spiro atoms. The zero-order chi connectivity index (χ0) is 16.0. The molecule has 5 nitrogen and oxygen atoms in total. The van der Waals surface area contributed by atoms with E-state index in [2.05, 4.69) is 20.7 Å². The first-order valence-corrected chi connectivity index (χ1v) is 6.97. The summed E-state index contributed by atoms with van der Waals surface area (Å²) in [6, 6.07) is 2.76. The lowest BCUT2D eigenvalue weighted by Crippen LogP contribution is -2.33. The predicted molar refractivity (Wildman–Crippen MR) is 75.8 cm³/mol. The lowest BCUT2D eigenvalue weighted by atomic mass is 10.2. The van der Waals surface area contributed by atoms with E-state index in [0.717, 1.165) is 0 Å². The van der Waals surface area contributed by atoms with Crippen molar-refractivity contribution in [3.8, 4) is 17.2 Å². The maximum absolute atomic E-state index is 12.4. The van der Waals surface area contributed by atoms with Crippen LogP contribution in [0.4, 0.5) is 8.78 Å². The van der Waals surface area contributed by atoms with Crippen LogP contribution in [0.5, 0.6) is 17.2 Å². The number of carbonyl (C=O) groups is 1. The molecule has 8 heteroatoms. The maximum atomic E-state index is 12.4. The number of nitrogens with two attached hydrogens (primary N) is 1. The van der Waals surface area contributed by atoms with Crippen LogP contribution >= 0.6 is 15.9 Å². The highest BCUT2D eigenvalue weighted by molar-refractivity contribution is 9.10. The van der Waals surface area contributed by atoms with Gasteiger partial charge in [0.25, 0.3) is 5.91 Å². The summed E-state index contributed by atoms with van der Waals surface area (Å²) >= 11 is 3.22. The molecular formula is C13H16BrF2NO4. The molecule has 1 unspecified atom stereocenters. The van der Waals surface area contributed by atoms with E-state index in [1.807, 2.05) is 6.92 Å². The molecule has 0 fully saturated rings. The average Bonchev–Trinajstić information content (AvgIpc) is 2.41. The number of benzene rings is 1. The van der Waals surface area contributed by atoms with Crippen LogP contribution in [0.2, 0.25) is 0 Å². The Labute approximate surface area is 129 Å². The van der Waals surface area contributed by atoms with Crippen LogP contribution in [0.25, 0.3) is 0 Å². The SMILES string of the molecule is CCCC(Oc1c(Br)ccc(OC(F)F)c1OC)C(N)=O. The molecule has 0 aliphatic heterocycles. The van der Waals surface area contributed by atoms with Gasteiger partial charge in [0.2, 0.25) is 5.75 Å². The van der Waals surface area contributed by atoms with Gasteiger partial charge in [-0.2, -0.15) is 8.78 Å². The molecule has 1 amide bonds. The third-order valence-corrected chi connectivity index (χ3v) is 3.20. The Morgan fingerprint density at radius 3 is 2.48 bits per heavy atom. The van der Waals surface area contributed by atoms with E-state index in [-0.39, 0.29) is 17.2 Å². The Hall–Kier alpha value is -1.57. The molecule has 0 saturated heterocycles. The van der Waals surface area contributed by atoms with Crippen molar-refractivity contribution >= 4 is 21.8 Å². The highest BCUT2D eigenvalue weighted by Crippen LogP contribution is 2.43. The Kier molecular flexibility index (Phi) is 6.67. The molecular weight excluding hydrogens is 352 g/mol. The number of methoxy groups -OCH3 is 1. The minimum Gasteiger partial charge on any atom is -0.490 e. The minimum atomic E-state index is -3.00.